The molecule has 1 aliphatic heterocycles. The normalized spacial score (nSPS) is 19.8. The molecule has 1 fully saturated rings. The van der Waals surface area contributed by atoms with E-state index in [0.717, 1.165) is 26.4 Å². The van der Waals surface area contributed by atoms with Crippen molar-refractivity contribution in [2.24, 2.45) is 0 Å². The third-order valence-corrected chi connectivity index (χ3v) is 2.97. The van der Waals surface area contributed by atoms with Gasteiger partial charge < -0.3 is 25.2 Å². The number of methoxy groups -OCH3 is 1. The average Bonchev–Trinajstić information content (AvgIpc) is 2.45. The quantitative estimate of drug-likeness (QED) is 0.587. The number of amides is 2. The lowest BCUT2D eigenvalue weighted by Gasteiger charge is -2.23. The molecule has 0 aliphatic carbocycles. The third-order valence-electron chi connectivity index (χ3n) is 2.97. The van der Waals surface area contributed by atoms with E-state index in [1.807, 2.05) is 0 Å². The highest BCUT2D eigenvalue weighted by Gasteiger charge is 2.24. The molecule has 0 saturated carbocycles. The molecule has 1 saturated heterocycles. The van der Waals surface area contributed by atoms with Gasteiger partial charge in [-0.2, -0.15) is 0 Å². The number of esters is 1. The first-order valence-electron chi connectivity index (χ1n) is 6.48. The fourth-order valence-corrected chi connectivity index (χ4v) is 1.83. The Kier molecular flexibility index (Phi) is 6.78. The van der Waals surface area contributed by atoms with E-state index in [4.69, 9.17) is 9.84 Å². The molecule has 1 heterocycles. The topological polar surface area (TPSA) is 114 Å². The molecule has 0 aromatic rings. The number of urea groups is 1. The second kappa shape index (κ2) is 8.36. The molecule has 20 heavy (non-hydrogen) atoms. The standard InChI is InChI=1S/C12H20N2O6/c1-19-10(15)6-9(11(16)17)14-12(18)13-7-8-4-2-3-5-20-8/h8-9H,2-7H2,1H3,(H,16,17)(H2,13,14,18)/t8?,9-/m0/s1. The highest BCUT2D eigenvalue weighted by atomic mass is 16.5. The maximum atomic E-state index is 11.6. The number of carboxylic acid groups (broad SMARTS) is 1. The number of carbonyl (C=O) groups is 3. The van der Waals surface area contributed by atoms with Gasteiger partial charge >= 0.3 is 18.0 Å². The van der Waals surface area contributed by atoms with Crippen molar-refractivity contribution in [3.8, 4) is 0 Å². The molecule has 1 rings (SSSR count). The van der Waals surface area contributed by atoms with Crippen LogP contribution >= 0.6 is 0 Å². The molecule has 8 nitrogen and oxygen atoms in total. The summed E-state index contributed by atoms with van der Waals surface area (Å²) in [4.78, 5) is 33.5. The average molecular weight is 288 g/mol. The maximum Gasteiger partial charge on any atom is 0.326 e. The molecule has 0 radical (unpaired) electrons. The molecule has 1 aliphatic rings. The molecule has 1 unspecified atom stereocenters. The fourth-order valence-electron chi connectivity index (χ4n) is 1.83. The van der Waals surface area contributed by atoms with Gasteiger partial charge in [0.05, 0.1) is 19.6 Å². The van der Waals surface area contributed by atoms with Crippen LogP contribution in [0.5, 0.6) is 0 Å². The molecule has 2 atom stereocenters. The van der Waals surface area contributed by atoms with Gasteiger partial charge in [-0.05, 0) is 19.3 Å². The van der Waals surface area contributed by atoms with Crippen LogP contribution in [0.2, 0.25) is 0 Å². The second-order valence-corrected chi connectivity index (χ2v) is 4.51. The van der Waals surface area contributed by atoms with E-state index >= 15 is 0 Å². The molecular weight excluding hydrogens is 268 g/mol. The summed E-state index contributed by atoms with van der Waals surface area (Å²) in [6, 6.07) is -1.95. The molecule has 114 valence electrons. The summed E-state index contributed by atoms with van der Waals surface area (Å²) in [6.07, 6.45) is 2.47. The van der Waals surface area contributed by atoms with Crippen LogP contribution in [-0.4, -0.2) is 55.5 Å². The molecule has 2 amide bonds. The summed E-state index contributed by atoms with van der Waals surface area (Å²) in [6.45, 7) is 0.991. The van der Waals surface area contributed by atoms with Crippen molar-refractivity contribution in [3.63, 3.8) is 0 Å². The first kappa shape index (κ1) is 16.2. The zero-order valence-corrected chi connectivity index (χ0v) is 11.4. The van der Waals surface area contributed by atoms with Crippen LogP contribution in [-0.2, 0) is 19.1 Å². The van der Waals surface area contributed by atoms with Gasteiger partial charge in [-0.3, -0.25) is 4.79 Å². The Hall–Kier alpha value is -1.83. The molecule has 0 bridgehead atoms. The summed E-state index contributed by atoms with van der Waals surface area (Å²) in [5.41, 5.74) is 0. The molecule has 0 aromatic heterocycles. The molecule has 8 heteroatoms. The Balaban J connectivity index is 2.33. The van der Waals surface area contributed by atoms with Crippen molar-refractivity contribution < 1.29 is 29.0 Å². The minimum atomic E-state index is -1.31. The zero-order valence-electron chi connectivity index (χ0n) is 11.4. The van der Waals surface area contributed by atoms with Crippen molar-refractivity contribution in [1.82, 2.24) is 10.6 Å². The minimum Gasteiger partial charge on any atom is -0.480 e. The molecule has 0 aromatic carbocycles. The largest absolute Gasteiger partial charge is 0.480 e. The van der Waals surface area contributed by atoms with Gasteiger partial charge in [0.2, 0.25) is 0 Å². The Labute approximate surface area is 116 Å². The Bertz CT molecular complexity index is 354. The summed E-state index contributed by atoms with van der Waals surface area (Å²) < 4.78 is 9.80. The number of hydrogen-bond acceptors (Lipinski definition) is 5. The summed E-state index contributed by atoms with van der Waals surface area (Å²) in [5.74, 6) is -1.99. The van der Waals surface area contributed by atoms with Crippen molar-refractivity contribution in [1.29, 1.82) is 0 Å². The van der Waals surface area contributed by atoms with Crippen LogP contribution in [0.15, 0.2) is 0 Å². The molecule has 3 N–H and O–H groups in total. The number of carboxylic acids is 1. The lowest BCUT2D eigenvalue weighted by atomic mass is 10.1. The fraction of sp³-hybridized carbons (Fsp3) is 0.750. The van der Waals surface area contributed by atoms with Crippen molar-refractivity contribution in [2.45, 2.75) is 37.8 Å². The summed E-state index contributed by atoms with van der Waals surface area (Å²) in [5, 5.41) is 13.7. The zero-order chi connectivity index (χ0) is 15.0. The van der Waals surface area contributed by atoms with E-state index in [9.17, 15) is 14.4 Å². The van der Waals surface area contributed by atoms with Crippen molar-refractivity contribution >= 4 is 18.0 Å². The highest BCUT2D eigenvalue weighted by molar-refractivity contribution is 5.86. The second-order valence-electron chi connectivity index (χ2n) is 4.51. The highest BCUT2D eigenvalue weighted by Crippen LogP contribution is 2.11. The van der Waals surface area contributed by atoms with Crippen LogP contribution in [0.1, 0.15) is 25.7 Å². The summed E-state index contributed by atoms with van der Waals surface area (Å²) in [7, 11) is 1.15. The van der Waals surface area contributed by atoms with Gasteiger partial charge in [0.25, 0.3) is 0 Å². The monoisotopic (exact) mass is 288 g/mol. The van der Waals surface area contributed by atoms with E-state index in [1.165, 1.54) is 0 Å². The summed E-state index contributed by atoms with van der Waals surface area (Å²) >= 11 is 0. The van der Waals surface area contributed by atoms with E-state index in [-0.39, 0.29) is 6.10 Å². The van der Waals surface area contributed by atoms with Crippen LogP contribution in [0, 0.1) is 0 Å². The number of rotatable bonds is 6. The lowest BCUT2D eigenvalue weighted by Crippen LogP contribution is -2.49. The van der Waals surface area contributed by atoms with Gasteiger partial charge in [0.1, 0.15) is 6.04 Å². The van der Waals surface area contributed by atoms with E-state index in [2.05, 4.69) is 15.4 Å². The van der Waals surface area contributed by atoms with E-state index < -0.39 is 30.4 Å². The van der Waals surface area contributed by atoms with E-state index in [1.54, 1.807) is 0 Å². The Morgan fingerprint density at radius 1 is 1.40 bits per heavy atom. The smallest absolute Gasteiger partial charge is 0.326 e. The number of ether oxygens (including phenoxy) is 2. The van der Waals surface area contributed by atoms with E-state index in [0.29, 0.717) is 13.2 Å². The third kappa shape index (κ3) is 5.87. The van der Waals surface area contributed by atoms with Crippen LogP contribution in [0.25, 0.3) is 0 Å². The predicted octanol–water partition coefficient (Wildman–Crippen LogP) is -0.129. The minimum absolute atomic E-state index is 0.0432. The van der Waals surface area contributed by atoms with Gasteiger partial charge in [-0.1, -0.05) is 0 Å². The van der Waals surface area contributed by atoms with Gasteiger partial charge in [0, 0.05) is 13.2 Å². The molecular formula is C12H20N2O6. The van der Waals surface area contributed by atoms with Crippen LogP contribution < -0.4 is 10.6 Å². The van der Waals surface area contributed by atoms with Gasteiger partial charge in [0.15, 0.2) is 0 Å². The maximum absolute atomic E-state index is 11.6. The predicted molar refractivity (Wildman–Crippen MR) is 68.2 cm³/mol. The van der Waals surface area contributed by atoms with Gasteiger partial charge in [-0.25, -0.2) is 9.59 Å². The number of nitrogens with one attached hydrogen (secondary N) is 2. The lowest BCUT2D eigenvalue weighted by molar-refractivity contribution is -0.147. The Morgan fingerprint density at radius 3 is 2.70 bits per heavy atom. The van der Waals surface area contributed by atoms with Crippen molar-refractivity contribution in [2.75, 3.05) is 20.3 Å². The number of aliphatic carboxylic acids is 1. The first-order valence-corrected chi connectivity index (χ1v) is 6.48. The number of hydrogen-bond donors (Lipinski definition) is 3. The van der Waals surface area contributed by atoms with Crippen molar-refractivity contribution in [3.05, 3.63) is 0 Å². The Morgan fingerprint density at radius 2 is 2.15 bits per heavy atom. The van der Waals surface area contributed by atoms with Crippen LogP contribution in [0.3, 0.4) is 0 Å². The SMILES string of the molecule is COC(=O)C[C@H](NC(=O)NCC1CCCCO1)C(=O)O. The van der Waals surface area contributed by atoms with Crippen LogP contribution in [0.4, 0.5) is 4.79 Å². The first-order chi connectivity index (χ1) is 9.52. The number of carbonyl (C=O) groups excluding carboxylic acids is 2. The molecule has 0 spiro atoms. The van der Waals surface area contributed by atoms with Gasteiger partial charge in [-0.15, -0.1) is 0 Å².